The van der Waals surface area contributed by atoms with E-state index in [-0.39, 0.29) is 30.9 Å². The maximum Gasteiger partial charge on any atom is 0.259 e. The fourth-order valence-corrected chi connectivity index (χ4v) is 3.76. The number of pyridine rings is 1. The molecule has 8 heteroatoms. The topological polar surface area (TPSA) is 45.2 Å². The lowest BCUT2D eigenvalue weighted by Crippen LogP contribution is -2.29. The molecule has 0 atom stereocenters. The van der Waals surface area contributed by atoms with E-state index in [1.54, 1.807) is 35.7 Å². The first-order valence-corrected chi connectivity index (χ1v) is 10.6. The van der Waals surface area contributed by atoms with Gasteiger partial charge in [0.05, 0.1) is 16.3 Å². The molecule has 1 saturated heterocycles. The highest BCUT2D eigenvalue weighted by Crippen LogP contribution is 2.32. The Balaban J connectivity index is 1.91. The highest BCUT2D eigenvalue weighted by molar-refractivity contribution is 7.98. The molecule has 0 bridgehead atoms. The van der Waals surface area contributed by atoms with E-state index >= 15 is 0 Å². The predicted octanol–water partition coefficient (Wildman–Crippen LogP) is 5.64. The van der Waals surface area contributed by atoms with Gasteiger partial charge >= 0.3 is 0 Å². The zero-order valence-electron chi connectivity index (χ0n) is 15.8. The molecule has 2 heterocycles. The van der Waals surface area contributed by atoms with Gasteiger partial charge in [-0.3, -0.25) is 4.79 Å². The van der Waals surface area contributed by atoms with Crippen LogP contribution in [0.1, 0.15) is 35.3 Å². The first-order valence-electron chi connectivity index (χ1n) is 9.04. The first kappa shape index (κ1) is 20.9. The van der Waals surface area contributed by atoms with Crippen LogP contribution in [-0.2, 0) is 0 Å². The summed E-state index contributed by atoms with van der Waals surface area (Å²) in [6.45, 7) is 2.30. The third kappa shape index (κ3) is 4.94. The van der Waals surface area contributed by atoms with Crippen LogP contribution < -0.4 is 10.2 Å². The van der Waals surface area contributed by atoms with Crippen molar-refractivity contribution in [3.05, 3.63) is 46.6 Å². The summed E-state index contributed by atoms with van der Waals surface area (Å²) in [6.07, 6.45) is 1.89. The number of amides is 1. The molecule has 0 unspecified atom stereocenters. The first-order chi connectivity index (χ1) is 13.3. The SMILES string of the molecule is CSc1cccc(NC(=O)c2cc(Cl)c(C)nc2N2CCCC(F)(F)CC2)c1. The zero-order chi connectivity index (χ0) is 20.3. The average Bonchev–Trinajstić information content (AvgIpc) is 2.84. The Kier molecular flexibility index (Phi) is 6.45. The molecule has 1 amide bonds. The number of aryl methyl sites for hydroxylation is 1. The lowest BCUT2D eigenvalue weighted by molar-refractivity contribution is -0.0102. The average molecular weight is 426 g/mol. The molecule has 28 heavy (non-hydrogen) atoms. The van der Waals surface area contributed by atoms with Crippen LogP contribution in [0.4, 0.5) is 20.3 Å². The second kappa shape index (κ2) is 8.66. The zero-order valence-corrected chi connectivity index (χ0v) is 17.3. The number of benzene rings is 1. The van der Waals surface area contributed by atoms with Crippen LogP contribution in [0.25, 0.3) is 0 Å². The molecule has 0 saturated carbocycles. The van der Waals surface area contributed by atoms with Crippen molar-refractivity contribution in [1.29, 1.82) is 0 Å². The summed E-state index contributed by atoms with van der Waals surface area (Å²) in [5.74, 6) is -2.64. The van der Waals surface area contributed by atoms with Gasteiger partial charge < -0.3 is 10.2 Å². The van der Waals surface area contributed by atoms with Crippen LogP contribution in [0.15, 0.2) is 35.2 Å². The van der Waals surface area contributed by atoms with E-state index in [4.69, 9.17) is 11.6 Å². The summed E-state index contributed by atoms with van der Waals surface area (Å²) < 4.78 is 27.5. The Hall–Kier alpha value is -1.86. The number of thioether (sulfide) groups is 1. The van der Waals surface area contributed by atoms with E-state index in [0.29, 0.717) is 35.2 Å². The molecule has 0 radical (unpaired) electrons. The van der Waals surface area contributed by atoms with E-state index in [0.717, 1.165) is 4.90 Å². The number of halogens is 3. The molecule has 0 aliphatic carbocycles. The van der Waals surface area contributed by atoms with Crippen LogP contribution in [0.5, 0.6) is 0 Å². The smallest absolute Gasteiger partial charge is 0.259 e. The summed E-state index contributed by atoms with van der Waals surface area (Å²) in [7, 11) is 0. The number of carbonyl (C=O) groups excluding carboxylic acids is 1. The van der Waals surface area contributed by atoms with Crippen molar-refractivity contribution in [3.63, 3.8) is 0 Å². The molecule has 3 rings (SSSR count). The van der Waals surface area contributed by atoms with Gasteiger partial charge in [-0.2, -0.15) is 0 Å². The van der Waals surface area contributed by atoms with Crippen molar-refractivity contribution >= 4 is 40.8 Å². The number of carbonyl (C=O) groups is 1. The Bertz CT molecular complexity index is 879. The Morgan fingerprint density at radius 3 is 2.82 bits per heavy atom. The van der Waals surface area contributed by atoms with E-state index in [1.165, 1.54) is 0 Å². The van der Waals surface area contributed by atoms with Gasteiger partial charge in [0.25, 0.3) is 5.91 Å². The molecule has 1 aromatic heterocycles. The highest BCUT2D eigenvalue weighted by atomic mass is 35.5. The van der Waals surface area contributed by atoms with Crippen molar-refractivity contribution in [2.75, 3.05) is 29.6 Å². The summed E-state index contributed by atoms with van der Waals surface area (Å²) in [5, 5.41) is 3.23. The highest BCUT2D eigenvalue weighted by Gasteiger charge is 2.33. The third-order valence-electron chi connectivity index (χ3n) is 4.72. The van der Waals surface area contributed by atoms with Crippen LogP contribution in [0, 0.1) is 6.92 Å². The Morgan fingerprint density at radius 2 is 2.07 bits per heavy atom. The predicted molar refractivity (Wildman–Crippen MR) is 111 cm³/mol. The van der Waals surface area contributed by atoms with Gasteiger partial charge in [-0.05, 0) is 43.9 Å². The number of hydrogen-bond acceptors (Lipinski definition) is 4. The monoisotopic (exact) mass is 425 g/mol. The molecule has 1 aliphatic heterocycles. The number of nitrogens with one attached hydrogen (secondary N) is 1. The van der Waals surface area contributed by atoms with Gasteiger partial charge in [-0.1, -0.05) is 17.7 Å². The summed E-state index contributed by atoms with van der Waals surface area (Å²) in [4.78, 5) is 20.2. The quantitative estimate of drug-likeness (QED) is 0.643. The minimum atomic E-state index is -2.68. The lowest BCUT2D eigenvalue weighted by Gasteiger charge is -2.24. The largest absolute Gasteiger partial charge is 0.356 e. The van der Waals surface area contributed by atoms with Crippen LogP contribution in [0.2, 0.25) is 5.02 Å². The Morgan fingerprint density at radius 1 is 1.29 bits per heavy atom. The fraction of sp³-hybridized carbons (Fsp3) is 0.400. The molecule has 150 valence electrons. The Labute approximate surface area is 172 Å². The standard InChI is InChI=1S/C20H22ClF2N3OS/c1-13-17(21)12-16(19(27)25-14-5-3-6-15(11-14)28-2)18(24-13)26-9-4-7-20(22,23)8-10-26/h3,5-6,11-12H,4,7-10H2,1-2H3,(H,25,27). The molecule has 1 aromatic carbocycles. The van der Waals surface area contributed by atoms with Gasteiger partial charge in [0.1, 0.15) is 5.82 Å². The number of rotatable bonds is 4. The van der Waals surface area contributed by atoms with Gasteiger partial charge in [-0.25, -0.2) is 13.8 Å². The minimum Gasteiger partial charge on any atom is -0.356 e. The number of alkyl halides is 2. The molecule has 1 aliphatic rings. The molecule has 0 spiro atoms. The van der Waals surface area contributed by atoms with Gasteiger partial charge in [-0.15, -0.1) is 11.8 Å². The van der Waals surface area contributed by atoms with Gasteiger partial charge in [0.2, 0.25) is 5.92 Å². The number of hydrogen-bond donors (Lipinski definition) is 1. The van der Waals surface area contributed by atoms with Crippen LogP contribution in [-0.4, -0.2) is 36.2 Å². The fourth-order valence-electron chi connectivity index (χ4n) is 3.15. The van der Waals surface area contributed by atoms with Crippen molar-refractivity contribution in [1.82, 2.24) is 4.98 Å². The second-order valence-corrected chi connectivity index (χ2v) is 8.10. The number of aromatic nitrogens is 1. The maximum absolute atomic E-state index is 13.8. The molecular weight excluding hydrogens is 404 g/mol. The van der Waals surface area contributed by atoms with Gasteiger partial charge in [0, 0.05) is 36.5 Å². The molecule has 4 nitrogen and oxygen atoms in total. The van der Waals surface area contributed by atoms with E-state index in [9.17, 15) is 13.6 Å². The van der Waals surface area contributed by atoms with E-state index in [1.807, 2.05) is 24.5 Å². The summed E-state index contributed by atoms with van der Waals surface area (Å²) in [6, 6.07) is 9.05. The van der Waals surface area contributed by atoms with Crippen molar-refractivity contribution in [3.8, 4) is 0 Å². The third-order valence-corrected chi connectivity index (χ3v) is 5.83. The minimum absolute atomic E-state index is 0.142. The molecule has 1 fully saturated rings. The van der Waals surface area contributed by atoms with Crippen molar-refractivity contribution in [2.24, 2.45) is 0 Å². The summed E-state index contributed by atoms with van der Waals surface area (Å²) in [5.41, 5.74) is 1.51. The molecular formula is C20H22ClF2N3OS. The second-order valence-electron chi connectivity index (χ2n) is 6.81. The van der Waals surface area contributed by atoms with Crippen molar-refractivity contribution < 1.29 is 13.6 Å². The maximum atomic E-state index is 13.8. The van der Waals surface area contributed by atoms with E-state index < -0.39 is 5.92 Å². The van der Waals surface area contributed by atoms with E-state index in [2.05, 4.69) is 10.3 Å². The van der Waals surface area contributed by atoms with Gasteiger partial charge in [0.15, 0.2) is 0 Å². The van der Waals surface area contributed by atoms with Crippen LogP contribution in [0.3, 0.4) is 0 Å². The lowest BCUT2D eigenvalue weighted by atomic mass is 10.1. The summed E-state index contributed by atoms with van der Waals surface area (Å²) >= 11 is 7.79. The number of anilines is 2. The van der Waals surface area contributed by atoms with Crippen molar-refractivity contribution in [2.45, 2.75) is 37.0 Å². The molecule has 1 N–H and O–H groups in total. The number of nitrogens with zero attached hydrogens (tertiary/aromatic N) is 2. The molecule has 2 aromatic rings. The normalized spacial score (nSPS) is 16.5. The van der Waals surface area contributed by atoms with Crippen LogP contribution >= 0.6 is 23.4 Å².